The minimum absolute atomic E-state index is 0.0170. The number of likely N-dealkylation sites (tertiary alicyclic amines) is 1. The molecule has 150 valence electrons. The first-order valence-electron chi connectivity index (χ1n) is 9.03. The Morgan fingerprint density at radius 2 is 2.18 bits per heavy atom. The maximum Gasteiger partial charge on any atom is 0.404 e. The van der Waals surface area contributed by atoms with Crippen LogP contribution in [0.4, 0.5) is 19.4 Å². The quantitative estimate of drug-likeness (QED) is 0.633. The summed E-state index contributed by atoms with van der Waals surface area (Å²) < 4.78 is 28.2. The molecule has 2 aliphatic rings. The van der Waals surface area contributed by atoms with Crippen LogP contribution in [0, 0.1) is 11.6 Å². The zero-order chi connectivity index (χ0) is 20.0. The van der Waals surface area contributed by atoms with Gasteiger partial charge in [-0.05, 0) is 31.7 Å². The molecule has 2 aromatic rings. The second-order valence-corrected chi connectivity index (χ2v) is 7.46. The predicted molar refractivity (Wildman–Crippen MR) is 97.3 cm³/mol. The zero-order valence-electron chi connectivity index (χ0n) is 15.3. The number of H-pyrrole nitrogens is 1. The van der Waals surface area contributed by atoms with E-state index in [-0.39, 0.29) is 11.6 Å². The molecule has 28 heavy (non-hydrogen) atoms. The normalized spacial score (nSPS) is 25.6. The van der Waals surface area contributed by atoms with E-state index >= 15 is 0 Å². The van der Waals surface area contributed by atoms with Gasteiger partial charge in [-0.3, -0.25) is 14.9 Å². The lowest BCUT2D eigenvalue weighted by Gasteiger charge is -2.45. The first-order valence-corrected chi connectivity index (χ1v) is 9.03. The number of nitrogens with two attached hydrogens (primary N) is 1. The van der Waals surface area contributed by atoms with E-state index in [9.17, 15) is 18.7 Å². The number of carboxylic acid groups (broad SMARTS) is 1. The smallest absolute Gasteiger partial charge is 0.404 e. The van der Waals surface area contributed by atoms with Gasteiger partial charge in [0.1, 0.15) is 17.5 Å². The van der Waals surface area contributed by atoms with Crippen molar-refractivity contribution in [3.05, 3.63) is 46.7 Å². The third-order valence-electron chi connectivity index (χ3n) is 5.68. The summed E-state index contributed by atoms with van der Waals surface area (Å²) in [5, 5.41) is 18.8. The molecule has 0 aliphatic carbocycles. The van der Waals surface area contributed by atoms with E-state index in [0.29, 0.717) is 31.9 Å². The second-order valence-electron chi connectivity index (χ2n) is 7.46. The summed E-state index contributed by atoms with van der Waals surface area (Å²) in [4.78, 5) is 15.4. The van der Waals surface area contributed by atoms with Crippen LogP contribution in [0.1, 0.15) is 29.3 Å². The van der Waals surface area contributed by atoms with Crippen LogP contribution >= 0.6 is 0 Å². The highest BCUT2D eigenvalue weighted by Gasteiger charge is 2.41. The van der Waals surface area contributed by atoms with Crippen LogP contribution in [0.3, 0.4) is 0 Å². The number of nitrogens with one attached hydrogen (secondary N) is 2. The van der Waals surface area contributed by atoms with Gasteiger partial charge in [0.05, 0.1) is 17.8 Å². The molecule has 3 atom stereocenters. The molecule has 1 saturated heterocycles. The number of amides is 1. The van der Waals surface area contributed by atoms with Crippen molar-refractivity contribution in [1.82, 2.24) is 25.3 Å². The Bertz CT molecular complexity index is 904. The standard InChI is InChI=1S/C18H22F2N6O2/c1-25-6-10(26-7-12-15(8-26)23-24-17(12)21)5-14(22-18(27)28)16(25)11-4-9(19)2-3-13(11)20/h2-4,10,14,16,22H,5-8H2,1H3,(H,27,28)(H3,21,23,24)/t10-,14+,16+/m1/s1. The number of nitrogen functional groups attached to an aromatic ring is 1. The number of hydrogen-bond acceptors (Lipinski definition) is 5. The van der Waals surface area contributed by atoms with E-state index in [1.165, 1.54) is 0 Å². The molecule has 1 aromatic carbocycles. The maximum atomic E-state index is 14.4. The Labute approximate surface area is 160 Å². The molecule has 1 aromatic heterocycles. The molecule has 2 aliphatic heterocycles. The predicted octanol–water partition coefficient (Wildman–Crippen LogP) is 1.67. The first-order chi connectivity index (χ1) is 13.3. The average Bonchev–Trinajstić information content (AvgIpc) is 3.19. The van der Waals surface area contributed by atoms with E-state index < -0.39 is 29.8 Å². The van der Waals surface area contributed by atoms with Crippen molar-refractivity contribution < 1.29 is 18.7 Å². The molecular weight excluding hydrogens is 370 g/mol. The monoisotopic (exact) mass is 392 g/mol. The van der Waals surface area contributed by atoms with Crippen LogP contribution < -0.4 is 11.1 Å². The molecule has 3 heterocycles. The minimum Gasteiger partial charge on any atom is -0.465 e. The van der Waals surface area contributed by atoms with Gasteiger partial charge in [0.2, 0.25) is 0 Å². The Morgan fingerprint density at radius 1 is 1.39 bits per heavy atom. The average molecular weight is 392 g/mol. The van der Waals surface area contributed by atoms with Gasteiger partial charge >= 0.3 is 6.09 Å². The first kappa shape index (κ1) is 18.6. The number of carbonyl (C=O) groups is 1. The van der Waals surface area contributed by atoms with Gasteiger partial charge in [-0.15, -0.1) is 0 Å². The van der Waals surface area contributed by atoms with Gasteiger partial charge in [-0.1, -0.05) is 0 Å². The minimum atomic E-state index is -1.19. The summed E-state index contributed by atoms with van der Waals surface area (Å²) in [5.41, 5.74) is 7.91. The molecule has 0 bridgehead atoms. The largest absolute Gasteiger partial charge is 0.465 e. The molecular formula is C18H22F2N6O2. The number of aromatic amines is 1. The molecule has 0 unspecified atom stereocenters. The molecule has 5 N–H and O–H groups in total. The second kappa shape index (κ2) is 7.02. The number of anilines is 1. The molecule has 0 saturated carbocycles. The summed E-state index contributed by atoms with van der Waals surface area (Å²) >= 11 is 0. The van der Waals surface area contributed by atoms with E-state index in [0.717, 1.165) is 29.5 Å². The maximum absolute atomic E-state index is 14.4. The molecule has 0 spiro atoms. The third kappa shape index (κ3) is 3.29. The van der Waals surface area contributed by atoms with Crippen molar-refractivity contribution in [3.8, 4) is 0 Å². The van der Waals surface area contributed by atoms with Gasteiger partial charge in [0.15, 0.2) is 0 Å². The van der Waals surface area contributed by atoms with Crippen molar-refractivity contribution in [2.24, 2.45) is 0 Å². The van der Waals surface area contributed by atoms with Crippen molar-refractivity contribution in [1.29, 1.82) is 0 Å². The number of fused-ring (bicyclic) bond motifs is 1. The number of rotatable bonds is 3. The summed E-state index contributed by atoms with van der Waals surface area (Å²) in [6, 6.07) is 2.09. The van der Waals surface area contributed by atoms with Crippen LogP contribution in [0.15, 0.2) is 18.2 Å². The highest BCUT2D eigenvalue weighted by Crippen LogP contribution is 2.36. The SMILES string of the molecule is CN1C[C@H](N2Cc3n[nH]c(N)c3C2)C[C@H](NC(=O)O)[C@@H]1c1cc(F)ccc1F. The Morgan fingerprint density at radius 3 is 2.89 bits per heavy atom. The van der Waals surface area contributed by atoms with Crippen LogP contribution in [0.2, 0.25) is 0 Å². The van der Waals surface area contributed by atoms with Crippen molar-refractivity contribution >= 4 is 11.9 Å². The molecule has 4 rings (SSSR count). The van der Waals surface area contributed by atoms with Crippen LogP contribution in [0.5, 0.6) is 0 Å². The van der Waals surface area contributed by atoms with Gasteiger partial charge < -0.3 is 16.2 Å². The van der Waals surface area contributed by atoms with E-state index in [2.05, 4.69) is 20.4 Å². The van der Waals surface area contributed by atoms with E-state index in [1.807, 2.05) is 4.90 Å². The van der Waals surface area contributed by atoms with Crippen LogP contribution in [-0.4, -0.2) is 56.9 Å². The fourth-order valence-electron chi connectivity index (χ4n) is 4.44. The Kier molecular flexibility index (Phi) is 4.68. The lowest BCUT2D eigenvalue weighted by molar-refractivity contribution is 0.0477. The van der Waals surface area contributed by atoms with Crippen molar-refractivity contribution in [2.45, 2.75) is 37.6 Å². The van der Waals surface area contributed by atoms with Gasteiger partial charge in [0, 0.05) is 36.8 Å². The molecule has 1 fully saturated rings. The zero-order valence-corrected chi connectivity index (χ0v) is 15.3. The van der Waals surface area contributed by atoms with Gasteiger partial charge in [-0.2, -0.15) is 5.10 Å². The lowest BCUT2D eigenvalue weighted by atomic mass is 9.87. The van der Waals surface area contributed by atoms with Crippen molar-refractivity contribution in [3.63, 3.8) is 0 Å². The lowest BCUT2D eigenvalue weighted by Crippen LogP contribution is -2.56. The fourth-order valence-corrected chi connectivity index (χ4v) is 4.44. The van der Waals surface area contributed by atoms with Gasteiger partial charge in [0.25, 0.3) is 0 Å². The number of piperidine rings is 1. The van der Waals surface area contributed by atoms with E-state index in [1.54, 1.807) is 7.05 Å². The highest BCUT2D eigenvalue weighted by molar-refractivity contribution is 5.65. The number of aromatic nitrogens is 2. The van der Waals surface area contributed by atoms with E-state index in [4.69, 9.17) is 5.73 Å². The molecule has 10 heteroatoms. The number of benzene rings is 1. The van der Waals surface area contributed by atoms with Crippen LogP contribution in [-0.2, 0) is 13.1 Å². The Balaban J connectivity index is 1.59. The number of likely N-dealkylation sites (N-methyl/N-ethyl adjacent to an activating group) is 1. The van der Waals surface area contributed by atoms with Gasteiger partial charge in [-0.25, -0.2) is 13.6 Å². The summed E-state index contributed by atoms with van der Waals surface area (Å²) in [6.45, 7) is 1.81. The topological polar surface area (TPSA) is 111 Å². The van der Waals surface area contributed by atoms with Crippen LogP contribution in [0.25, 0.3) is 0 Å². The number of hydrogen-bond donors (Lipinski definition) is 4. The summed E-state index contributed by atoms with van der Waals surface area (Å²) in [6.07, 6.45) is -0.731. The highest BCUT2D eigenvalue weighted by atomic mass is 19.1. The number of halogens is 2. The molecule has 0 radical (unpaired) electrons. The molecule has 1 amide bonds. The Hall–Kier alpha value is -2.72. The fraction of sp³-hybridized carbons (Fsp3) is 0.444. The van der Waals surface area contributed by atoms with Crippen molar-refractivity contribution in [2.75, 3.05) is 19.3 Å². The third-order valence-corrected chi connectivity index (χ3v) is 5.68. The summed E-state index contributed by atoms with van der Waals surface area (Å²) in [5.74, 6) is -0.564. The number of nitrogens with zero attached hydrogens (tertiary/aromatic N) is 3. The molecule has 8 nitrogen and oxygen atoms in total. The summed E-state index contributed by atoms with van der Waals surface area (Å²) in [7, 11) is 1.79.